The fourth-order valence-electron chi connectivity index (χ4n) is 2.80. The fourth-order valence-corrected chi connectivity index (χ4v) is 3.31. The number of carbonyl (C=O) groups is 1. The molecule has 176 valence electrons. The predicted molar refractivity (Wildman–Crippen MR) is 121 cm³/mol. The Balaban J connectivity index is 1.68. The Hall–Kier alpha value is -3.93. The first-order chi connectivity index (χ1) is 16.0. The molecule has 12 heteroatoms. The number of rotatable bonds is 8. The Labute approximate surface area is 199 Å². The zero-order chi connectivity index (χ0) is 24.9. The second-order valence-corrected chi connectivity index (χ2v) is 7.70. The van der Waals surface area contributed by atoms with Gasteiger partial charge < -0.3 is 9.84 Å². The van der Waals surface area contributed by atoms with Gasteiger partial charge in [0.15, 0.2) is 0 Å². The molecule has 0 aliphatic rings. The Morgan fingerprint density at radius 1 is 1.18 bits per heavy atom. The minimum absolute atomic E-state index is 0.131. The van der Waals surface area contributed by atoms with Crippen LogP contribution in [0.2, 0.25) is 0 Å². The lowest BCUT2D eigenvalue weighted by molar-refractivity contribution is -0.384. The lowest BCUT2D eigenvalue weighted by Gasteiger charge is -2.10. The van der Waals surface area contributed by atoms with Crippen molar-refractivity contribution in [1.82, 2.24) is 0 Å². The van der Waals surface area contributed by atoms with E-state index in [2.05, 4.69) is 26.5 Å². The number of hydrogen-bond acceptors (Lipinski definition) is 6. The number of aromatic carboxylic acids is 1. The summed E-state index contributed by atoms with van der Waals surface area (Å²) in [5, 5.41) is 24.0. The topological polar surface area (TPSA) is 114 Å². The highest BCUT2D eigenvalue weighted by atomic mass is 79.9. The molecule has 0 heterocycles. The van der Waals surface area contributed by atoms with Crippen molar-refractivity contribution in [3.8, 4) is 5.75 Å². The maximum Gasteiger partial charge on any atom is 0.416 e. The number of nitrogens with one attached hydrogen (secondary N) is 1. The van der Waals surface area contributed by atoms with Gasteiger partial charge in [0.1, 0.15) is 18.0 Å². The minimum Gasteiger partial charge on any atom is -0.488 e. The monoisotopic (exact) mass is 537 g/mol. The molecule has 3 rings (SSSR count). The average Bonchev–Trinajstić information content (AvgIpc) is 2.78. The number of carboxylic acids is 1. The second kappa shape index (κ2) is 10.3. The van der Waals surface area contributed by atoms with Gasteiger partial charge in [0.2, 0.25) is 0 Å². The summed E-state index contributed by atoms with van der Waals surface area (Å²) in [4.78, 5) is 21.3. The molecule has 34 heavy (non-hydrogen) atoms. The highest BCUT2D eigenvalue weighted by Crippen LogP contribution is 2.35. The van der Waals surface area contributed by atoms with Gasteiger partial charge in [-0.25, -0.2) is 4.79 Å². The second-order valence-electron chi connectivity index (χ2n) is 6.84. The van der Waals surface area contributed by atoms with E-state index in [9.17, 15) is 28.1 Å². The first-order valence-corrected chi connectivity index (χ1v) is 10.2. The Bertz CT molecular complexity index is 1260. The summed E-state index contributed by atoms with van der Waals surface area (Å²) in [6.45, 7) is 0.131. The van der Waals surface area contributed by atoms with E-state index in [0.29, 0.717) is 27.4 Å². The lowest BCUT2D eigenvalue weighted by Crippen LogP contribution is -2.06. The number of benzene rings is 3. The van der Waals surface area contributed by atoms with Crippen molar-refractivity contribution in [3.63, 3.8) is 0 Å². The fraction of sp³-hybridized carbons (Fsp3) is 0.0909. The van der Waals surface area contributed by atoms with Crippen LogP contribution in [0.1, 0.15) is 27.0 Å². The molecule has 0 amide bonds. The number of nitro benzene ring substituents is 1. The first-order valence-electron chi connectivity index (χ1n) is 9.44. The summed E-state index contributed by atoms with van der Waals surface area (Å²) in [6.07, 6.45) is -3.38. The normalized spacial score (nSPS) is 11.4. The van der Waals surface area contributed by atoms with E-state index >= 15 is 0 Å². The van der Waals surface area contributed by atoms with E-state index in [4.69, 9.17) is 9.84 Å². The lowest BCUT2D eigenvalue weighted by atomic mass is 10.1. The highest BCUT2D eigenvalue weighted by molar-refractivity contribution is 9.10. The Kier molecular flexibility index (Phi) is 7.51. The van der Waals surface area contributed by atoms with E-state index in [1.54, 1.807) is 30.3 Å². The van der Waals surface area contributed by atoms with Gasteiger partial charge in [-0.3, -0.25) is 15.5 Å². The largest absolute Gasteiger partial charge is 0.488 e. The molecule has 0 bridgehead atoms. The predicted octanol–water partition coefficient (Wildman–Crippen LogP) is 6.10. The summed E-state index contributed by atoms with van der Waals surface area (Å²) >= 11 is 3.36. The molecule has 0 spiro atoms. The third-order valence-electron chi connectivity index (χ3n) is 4.44. The van der Waals surface area contributed by atoms with Crippen molar-refractivity contribution in [2.75, 3.05) is 5.43 Å². The summed E-state index contributed by atoms with van der Waals surface area (Å²) in [5.74, 6) is -0.564. The van der Waals surface area contributed by atoms with Crippen LogP contribution >= 0.6 is 15.9 Å². The van der Waals surface area contributed by atoms with Crippen LogP contribution in [0, 0.1) is 10.1 Å². The molecule has 8 nitrogen and oxygen atoms in total. The first kappa shape index (κ1) is 24.7. The molecule has 0 aromatic heterocycles. The number of nitro groups is 1. The maximum absolute atomic E-state index is 12.8. The smallest absolute Gasteiger partial charge is 0.416 e. The molecule has 0 saturated carbocycles. The number of ether oxygens (including phenoxy) is 1. The number of hydrogen-bond donors (Lipinski definition) is 2. The van der Waals surface area contributed by atoms with E-state index in [-0.39, 0.29) is 17.9 Å². The van der Waals surface area contributed by atoms with Crippen LogP contribution < -0.4 is 10.2 Å². The molecule has 0 aliphatic carbocycles. The quantitative estimate of drug-likeness (QED) is 0.204. The van der Waals surface area contributed by atoms with Crippen molar-refractivity contribution < 1.29 is 32.7 Å². The molecular formula is C22H15BrF3N3O5. The number of nitrogens with zero attached hydrogens (tertiary/aromatic N) is 2. The van der Waals surface area contributed by atoms with Gasteiger partial charge in [0.25, 0.3) is 5.69 Å². The zero-order valence-electron chi connectivity index (χ0n) is 17.0. The molecule has 0 unspecified atom stereocenters. The average molecular weight is 538 g/mol. The number of hydrazone groups is 1. The molecule has 3 aromatic carbocycles. The van der Waals surface area contributed by atoms with Gasteiger partial charge in [0.05, 0.1) is 26.7 Å². The minimum atomic E-state index is -4.71. The van der Waals surface area contributed by atoms with Gasteiger partial charge in [-0.1, -0.05) is 12.1 Å². The van der Waals surface area contributed by atoms with Gasteiger partial charge in [-0.15, -0.1) is 0 Å². The summed E-state index contributed by atoms with van der Waals surface area (Å²) in [7, 11) is 0. The van der Waals surface area contributed by atoms with Crippen molar-refractivity contribution in [2.24, 2.45) is 5.10 Å². The molecule has 0 aliphatic heterocycles. The van der Waals surface area contributed by atoms with E-state index in [0.717, 1.165) is 12.1 Å². The standard InChI is InChI=1S/C22H15BrF3N3O5/c23-17-9-13(4-7-20(17)34-12-14-2-1-3-15(8-14)21(30)31)11-27-28-18-6-5-16(22(24,25)26)10-19(18)29(32)33/h1-11,28H,12H2,(H,30,31)/b27-11-. The van der Waals surface area contributed by atoms with Crippen LogP contribution in [0.3, 0.4) is 0 Å². The van der Waals surface area contributed by atoms with Crippen LogP contribution in [0.5, 0.6) is 5.75 Å². The van der Waals surface area contributed by atoms with Crippen molar-refractivity contribution in [1.29, 1.82) is 0 Å². The van der Waals surface area contributed by atoms with Crippen molar-refractivity contribution >= 4 is 39.5 Å². The molecular weight excluding hydrogens is 523 g/mol. The number of alkyl halides is 3. The van der Waals surface area contributed by atoms with E-state index in [1.165, 1.54) is 18.3 Å². The number of anilines is 1. The zero-order valence-corrected chi connectivity index (χ0v) is 18.6. The van der Waals surface area contributed by atoms with Gasteiger partial charge in [0, 0.05) is 6.07 Å². The third-order valence-corrected chi connectivity index (χ3v) is 5.06. The van der Waals surface area contributed by atoms with Crippen LogP contribution in [0.25, 0.3) is 0 Å². The third kappa shape index (κ3) is 6.32. The Morgan fingerprint density at radius 3 is 2.59 bits per heavy atom. The SMILES string of the molecule is O=C(O)c1cccc(COc2ccc(/C=N\Nc3ccc(C(F)(F)F)cc3[N+](=O)[O-])cc2Br)c1. The highest BCUT2D eigenvalue weighted by Gasteiger charge is 2.33. The summed E-state index contributed by atoms with van der Waals surface area (Å²) < 4.78 is 44.7. The number of halogens is 4. The van der Waals surface area contributed by atoms with Gasteiger partial charge >= 0.3 is 12.1 Å². The van der Waals surface area contributed by atoms with Crippen LogP contribution in [-0.4, -0.2) is 22.2 Å². The van der Waals surface area contributed by atoms with Crippen LogP contribution in [-0.2, 0) is 12.8 Å². The summed E-state index contributed by atoms with van der Waals surface area (Å²) in [5.41, 5.74) is 1.67. The Morgan fingerprint density at radius 2 is 1.94 bits per heavy atom. The van der Waals surface area contributed by atoms with Crippen molar-refractivity contribution in [2.45, 2.75) is 12.8 Å². The van der Waals surface area contributed by atoms with Gasteiger partial charge in [-0.2, -0.15) is 18.3 Å². The van der Waals surface area contributed by atoms with E-state index in [1.807, 2.05) is 0 Å². The molecule has 3 aromatic rings. The maximum atomic E-state index is 12.8. The molecule has 0 fully saturated rings. The molecule has 0 atom stereocenters. The molecule has 0 radical (unpaired) electrons. The molecule has 2 N–H and O–H groups in total. The summed E-state index contributed by atoms with van der Waals surface area (Å²) in [6, 6.07) is 13.3. The molecule has 0 saturated heterocycles. The number of carboxylic acid groups (broad SMARTS) is 1. The van der Waals surface area contributed by atoms with Crippen molar-refractivity contribution in [3.05, 3.63) is 97.5 Å². The van der Waals surface area contributed by atoms with Crippen LogP contribution in [0.15, 0.2) is 70.2 Å². The van der Waals surface area contributed by atoms with Crippen LogP contribution in [0.4, 0.5) is 24.5 Å². The van der Waals surface area contributed by atoms with Gasteiger partial charge in [-0.05, 0) is 69.5 Å². The van der Waals surface area contributed by atoms with E-state index < -0.39 is 28.3 Å².